The first kappa shape index (κ1) is 43.1. The van der Waals surface area contributed by atoms with Gasteiger partial charge in [-0.25, -0.2) is 4.79 Å². The molecule has 0 amide bonds. The Morgan fingerprint density at radius 3 is 2.00 bits per heavy atom. The highest BCUT2D eigenvalue weighted by Crippen LogP contribution is 2.33. The molecule has 0 radical (unpaired) electrons. The van der Waals surface area contributed by atoms with Gasteiger partial charge in [-0.15, -0.1) is 0 Å². The van der Waals surface area contributed by atoms with Crippen molar-refractivity contribution in [1.82, 2.24) is 4.90 Å². The highest BCUT2D eigenvalue weighted by Gasteiger charge is 2.52. The van der Waals surface area contributed by atoms with Crippen LogP contribution in [-0.2, 0) is 39.7 Å². The summed E-state index contributed by atoms with van der Waals surface area (Å²) in [7, 11) is 0. The zero-order valence-corrected chi connectivity index (χ0v) is 29.8. The molecule has 4 saturated heterocycles. The lowest BCUT2D eigenvalue weighted by Crippen LogP contribution is -2.65. The number of carboxylic acid groups (broad SMARTS) is 1. The van der Waals surface area contributed by atoms with Crippen molar-refractivity contribution in [2.45, 2.75) is 125 Å². The van der Waals surface area contributed by atoms with E-state index in [0.29, 0.717) is 5.56 Å². The maximum atomic E-state index is 11.8. The minimum atomic E-state index is -1.82. The van der Waals surface area contributed by atoms with E-state index in [0.717, 1.165) is 0 Å². The average Bonchev–Trinajstić information content (AvgIpc) is 3.15. The predicted molar refractivity (Wildman–Crippen MR) is 177 cm³/mol. The molecule has 0 aliphatic carbocycles. The minimum absolute atomic E-state index is 0.0351. The standard InChI is InChI=1S/C34H53NO19/c1-14(2)29-27(44)30(54-34-26(43)25(42)22(39)18(11-37)52-34)24(41)20(50-29)13-48-33-28(45)31(23(40)19(12-38)51-33)53-21-9-35(8-16(10-36)49-21)7-15-5-3-4-6-17(15)32(46)47/h3-6,14,16,18-31,33-34,36-45H,7-13H2,1-2H3,(H,46,47). The molecule has 20 heteroatoms. The Labute approximate surface area is 310 Å². The summed E-state index contributed by atoms with van der Waals surface area (Å²) in [5.41, 5.74) is 0.596. The van der Waals surface area contributed by atoms with Crippen molar-refractivity contribution in [3.8, 4) is 0 Å². The molecule has 5 rings (SSSR count). The quantitative estimate of drug-likeness (QED) is 0.0843. The molecule has 0 spiro atoms. The Balaban J connectivity index is 1.27. The van der Waals surface area contributed by atoms with Gasteiger partial charge in [0.15, 0.2) is 18.9 Å². The number of carboxylic acids is 1. The van der Waals surface area contributed by atoms with E-state index in [1.165, 1.54) is 6.07 Å². The van der Waals surface area contributed by atoms with Gasteiger partial charge in [-0.2, -0.15) is 0 Å². The molecule has 0 saturated carbocycles. The largest absolute Gasteiger partial charge is 0.478 e. The third-order valence-electron chi connectivity index (χ3n) is 10.1. The number of hydrogen-bond acceptors (Lipinski definition) is 19. The molecule has 54 heavy (non-hydrogen) atoms. The van der Waals surface area contributed by atoms with Crippen molar-refractivity contribution in [2.75, 3.05) is 39.5 Å². The molecule has 20 nitrogen and oxygen atoms in total. The van der Waals surface area contributed by atoms with Gasteiger partial charge in [0, 0.05) is 19.6 Å². The second-order valence-corrected chi connectivity index (χ2v) is 14.3. The normalized spacial score (nSPS) is 42.3. The van der Waals surface area contributed by atoms with E-state index in [4.69, 9.17) is 33.2 Å². The number of benzene rings is 1. The number of aromatic carboxylic acids is 1. The molecule has 1 aromatic carbocycles. The summed E-state index contributed by atoms with van der Waals surface area (Å²) in [6.45, 7) is 1.45. The molecule has 17 unspecified atom stereocenters. The van der Waals surface area contributed by atoms with Crippen LogP contribution in [0.1, 0.15) is 29.8 Å². The number of carbonyl (C=O) groups is 1. The van der Waals surface area contributed by atoms with E-state index >= 15 is 0 Å². The number of ether oxygens (including phenoxy) is 7. The van der Waals surface area contributed by atoms with Crippen LogP contribution in [0.5, 0.6) is 0 Å². The molecule has 4 fully saturated rings. The Morgan fingerprint density at radius 1 is 0.722 bits per heavy atom. The Hall–Kier alpha value is -2.03. The zero-order valence-electron chi connectivity index (χ0n) is 29.8. The second kappa shape index (κ2) is 18.9. The van der Waals surface area contributed by atoms with Gasteiger partial charge in [0.05, 0.1) is 44.2 Å². The fourth-order valence-electron chi connectivity index (χ4n) is 7.15. The zero-order chi connectivity index (χ0) is 39.4. The number of nitrogens with zero attached hydrogens (tertiary/aromatic N) is 1. The monoisotopic (exact) mass is 779 g/mol. The Kier molecular flexibility index (Phi) is 15.1. The van der Waals surface area contributed by atoms with Crippen LogP contribution in [0.4, 0.5) is 0 Å². The van der Waals surface area contributed by atoms with Crippen molar-refractivity contribution >= 4 is 5.97 Å². The average molecular weight is 780 g/mol. The van der Waals surface area contributed by atoms with Gasteiger partial charge in [0.1, 0.15) is 73.2 Å². The molecule has 1 aromatic rings. The lowest BCUT2D eigenvalue weighted by Gasteiger charge is -2.48. The maximum Gasteiger partial charge on any atom is 0.336 e. The number of hydrogen-bond donors (Lipinski definition) is 11. The summed E-state index contributed by atoms with van der Waals surface area (Å²) in [5.74, 6) is -1.48. The summed E-state index contributed by atoms with van der Waals surface area (Å²) < 4.78 is 40.5. The van der Waals surface area contributed by atoms with Gasteiger partial charge < -0.3 is 89.3 Å². The van der Waals surface area contributed by atoms with E-state index in [9.17, 15) is 61.0 Å². The summed E-state index contributed by atoms with van der Waals surface area (Å²) >= 11 is 0. The van der Waals surface area contributed by atoms with E-state index in [2.05, 4.69) is 0 Å². The van der Waals surface area contributed by atoms with Gasteiger partial charge in [-0.3, -0.25) is 4.90 Å². The van der Waals surface area contributed by atoms with Crippen LogP contribution in [0.25, 0.3) is 0 Å². The third-order valence-corrected chi connectivity index (χ3v) is 10.1. The van der Waals surface area contributed by atoms with Crippen molar-refractivity contribution in [2.24, 2.45) is 5.92 Å². The predicted octanol–water partition coefficient (Wildman–Crippen LogP) is -4.92. The van der Waals surface area contributed by atoms with Crippen LogP contribution >= 0.6 is 0 Å². The first-order chi connectivity index (χ1) is 25.7. The molecule has 308 valence electrons. The topological polar surface area (TPSA) is 307 Å². The molecule has 4 aliphatic rings. The number of aliphatic hydroxyl groups is 10. The van der Waals surface area contributed by atoms with Crippen molar-refractivity contribution in [3.63, 3.8) is 0 Å². The third kappa shape index (κ3) is 9.56. The second-order valence-electron chi connectivity index (χ2n) is 14.3. The van der Waals surface area contributed by atoms with Crippen LogP contribution < -0.4 is 0 Å². The summed E-state index contributed by atoms with van der Waals surface area (Å²) in [6.07, 6.45) is -24.9. The summed E-state index contributed by atoms with van der Waals surface area (Å²) in [4.78, 5) is 13.6. The Bertz CT molecular complexity index is 1340. The van der Waals surface area contributed by atoms with E-state index in [1.807, 2.05) is 0 Å². The van der Waals surface area contributed by atoms with Gasteiger partial charge >= 0.3 is 5.97 Å². The molecule has 0 bridgehead atoms. The summed E-state index contributed by atoms with van der Waals surface area (Å²) in [6, 6.07) is 6.42. The van der Waals surface area contributed by atoms with Crippen molar-refractivity contribution in [3.05, 3.63) is 35.4 Å². The molecule has 4 heterocycles. The number of aliphatic hydroxyl groups excluding tert-OH is 10. The van der Waals surface area contributed by atoms with Gasteiger partial charge in [0.25, 0.3) is 0 Å². The SMILES string of the molecule is CC(C)C1OC(COC2OC(CO)C(O)C(OC3CN(Cc4ccccc4C(=O)O)CC(CO)O3)C2O)C(O)C(OC2OC(CO)C(O)C(O)C2O)C1O. The van der Waals surface area contributed by atoms with Gasteiger partial charge in [0.2, 0.25) is 0 Å². The first-order valence-electron chi connectivity index (χ1n) is 17.9. The van der Waals surface area contributed by atoms with Crippen LogP contribution in [0, 0.1) is 5.92 Å². The molecule has 17 atom stereocenters. The van der Waals surface area contributed by atoms with Crippen LogP contribution in [-0.4, -0.2) is 211 Å². The minimum Gasteiger partial charge on any atom is -0.478 e. The van der Waals surface area contributed by atoms with Crippen LogP contribution in [0.3, 0.4) is 0 Å². The maximum absolute atomic E-state index is 11.8. The fraction of sp³-hybridized carbons (Fsp3) is 0.794. The van der Waals surface area contributed by atoms with Gasteiger partial charge in [-0.05, 0) is 17.5 Å². The molecular weight excluding hydrogens is 726 g/mol. The van der Waals surface area contributed by atoms with E-state index < -0.39 is 137 Å². The van der Waals surface area contributed by atoms with Crippen molar-refractivity contribution in [1.29, 1.82) is 0 Å². The van der Waals surface area contributed by atoms with Crippen LogP contribution in [0.2, 0.25) is 0 Å². The van der Waals surface area contributed by atoms with Gasteiger partial charge in [-0.1, -0.05) is 32.0 Å². The smallest absolute Gasteiger partial charge is 0.336 e. The van der Waals surface area contributed by atoms with Crippen LogP contribution in [0.15, 0.2) is 24.3 Å². The summed E-state index contributed by atoms with van der Waals surface area (Å²) in [5, 5.41) is 115. The number of morpholine rings is 1. The first-order valence-corrected chi connectivity index (χ1v) is 17.9. The van der Waals surface area contributed by atoms with Crippen molar-refractivity contribution < 1.29 is 94.1 Å². The highest BCUT2D eigenvalue weighted by atomic mass is 16.7. The highest BCUT2D eigenvalue weighted by molar-refractivity contribution is 5.89. The molecule has 11 N–H and O–H groups in total. The number of rotatable bonds is 14. The van der Waals surface area contributed by atoms with E-state index in [1.54, 1.807) is 36.9 Å². The van der Waals surface area contributed by atoms with E-state index in [-0.39, 0.29) is 31.1 Å². The molecule has 4 aliphatic heterocycles. The molecular formula is C34H53NO19. The lowest BCUT2D eigenvalue weighted by molar-refractivity contribution is -0.354. The fourth-order valence-corrected chi connectivity index (χ4v) is 7.15. The lowest BCUT2D eigenvalue weighted by atomic mass is 9.89. The molecule has 0 aromatic heterocycles. The Morgan fingerprint density at radius 2 is 1.35 bits per heavy atom.